The molecule has 0 saturated carbocycles. The summed E-state index contributed by atoms with van der Waals surface area (Å²) in [6, 6.07) is 0. The number of nitrogens with zero attached hydrogens (tertiary/aromatic N) is 3. The molecular weight excluding hydrogens is 232 g/mol. The van der Waals surface area contributed by atoms with Crippen molar-refractivity contribution in [2.75, 3.05) is 11.1 Å². The molecular formula is C11H16N6O. The summed E-state index contributed by atoms with van der Waals surface area (Å²) in [4.78, 5) is 12.0. The Morgan fingerprint density at radius 2 is 2.28 bits per heavy atom. The molecule has 0 unspecified atom stereocenters. The van der Waals surface area contributed by atoms with Crippen LogP contribution in [0.4, 0.5) is 11.5 Å². The van der Waals surface area contributed by atoms with Crippen LogP contribution in [0.25, 0.3) is 0 Å². The van der Waals surface area contributed by atoms with Crippen molar-refractivity contribution in [2.45, 2.75) is 27.3 Å². The third-order valence-corrected chi connectivity index (χ3v) is 2.81. The van der Waals surface area contributed by atoms with Gasteiger partial charge in [0.15, 0.2) is 11.5 Å². The van der Waals surface area contributed by atoms with Crippen molar-refractivity contribution in [3.63, 3.8) is 0 Å². The minimum Gasteiger partial charge on any atom is -0.396 e. The lowest BCUT2D eigenvalue weighted by Crippen LogP contribution is -2.15. The molecule has 0 bridgehead atoms. The Labute approximate surface area is 104 Å². The summed E-state index contributed by atoms with van der Waals surface area (Å²) in [5.74, 6) is 0.150. The third-order valence-electron chi connectivity index (χ3n) is 2.81. The van der Waals surface area contributed by atoms with Crippen LogP contribution in [0.1, 0.15) is 28.7 Å². The Hall–Kier alpha value is -2.31. The van der Waals surface area contributed by atoms with Gasteiger partial charge in [0.1, 0.15) is 0 Å². The van der Waals surface area contributed by atoms with Gasteiger partial charge in [-0.1, -0.05) is 0 Å². The van der Waals surface area contributed by atoms with E-state index in [1.807, 2.05) is 20.8 Å². The van der Waals surface area contributed by atoms with E-state index >= 15 is 0 Å². The highest BCUT2D eigenvalue weighted by molar-refractivity contribution is 6.06. The molecule has 4 N–H and O–H groups in total. The van der Waals surface area contributed by atoms with E-state index < -0.39 is 0 Å². The molecule has 18 heavy (non-hydrogen) atoms. The zero-order valence-electron chi connectivity index (χ0n) is 10.6. The summed E-state index contributed by atoms with van der Waals surface area (Å²) in [5, 5.41) is 13.6. The number of H-pyrrole nitrogens is 1. The second-order valence-corrected chi connectivity index (χ2v) is 4.07. The monoisotopic (exact) mass is 248 g/mol. The van der Waals surface area contributed by atoms with Gasteiger partial charge >= 0.3 is 0 Å². The lowest BCUT2D eigenvalue weighted by molar-refractivity contribution is 0.102. The smallest absolute Gasteiger partial charge is 0.279 e. The number of aryl methyl sites for hydroxylation is 2. The van der Waals surface area contributed by atoms with Crippen LogP contribution in [0, 0.1) is 13.8 Å². The first-order valence-corrected chi connectivity index (χ1v) is 5.68. The Morgan fingerprint density at radius 1 is 1.56 bits per heavy atom. The SMILES string of the molecule is CCn1cc(N)c(C(=O)Nc2n[nH]c(C)c2C)n1. The van der Waals surface area contributed by atoms with E-state index in [0.717, 1.165) is 11.3 Å². The Bertz CT molecular complexity index is 582. The fourth-order valence-electron chi connectivity index (χ4n) is 1.55. The van der Waals surface area contributed by atoms with Gasteiger partial charge in [-0.25, -0.2) is 0 Å². The van der Waals surface area contributed by atoms with E-state index in [1.165, 1.54) is 0 Å². The molecule has 7 heteroatoms. The van der Waals surface area contributed by atoms with Crippen LogP contribution in [-0.4, -0.2) is 25.9 Å². The van der Waals surface area contributed by atoms with E-state index in [9.17, 15) is 4.79 Å². The second kappa shape index (κ2) is 4.52. The van der Waals surface area contributed by atoms with E-state index in [2.05, 4.69) is 20.6 Å². The summed E-state index contributed by atoms with van der Waals surface area (Å²) in [7, 11) is 0. The van der Waals surface area contributed by atoms with Crippen molar-refractivity contribution in [1.82, 2.24) is 20.0 Å². The van der Waals surface area contributed by atoms with Crippen molar-refractivity contribution in [3.05, 3.63) is 23.1 Å². The highest BCUT2D eigenvalue weighted by atomic mass is 16.2. The van der Waals surface area contributed by atoms with Crippen molar-refractivity contribution in [3.8, 4) is 0 Å². The molecule has 0 atom stereocenters. The first-order chi connectivity index (χ1) is 8.52. The quantitative estimate of drug-likeness (QED) is 0.756. The van der Waals surface area contributed by atoms with Gasteiger partial charge < -0.3 is 11.1 Å². The Morgan fingerprint density at radius 3 is 2.78 bits per heavy atom. The number of nitrogens with two attached hydrogens (primary N) is 1. The van der Waals surface area contributed by atoms with Crippen LogP contribution in [0.3, 0.4) is 0 Å². The first kappa shape index (κ1) is 12.2. The molecule has 0 spiro atoms. The van der Waals surface area contributed by atoms with E-state index in [-0.39, 0.29) is 11.6 Å². The van der Waals surface area contributed by atoms with Crippen LogP contribution in [0.5, 0.6) is 0 Å². The topological polar surface area (TPSA) is 102 Å². The van der Waals surface area contributed by atoms with Crippen LogP contribution in [0.15, 0.2) is 6.20 Å². The standard InChI is InChI=1S/C11H16N6O/c1-4-17-5-8(12)9(16-17)11(18)13-10-6(2)7(3)14-15-10/h5H,4,12H2,1-3H3,(H2,13,14,15,18). The number of nitrogen functional groups attached to an aromatic ring is 1. The first-order valence-electron chi connectivity index (χ1n) is 5.68. The Kier molecular flexibility index (Phi) is 3.05. The molecule has 0 aliphatic rings. The second-order valence-electron chi connectivity index (χ2n) is 4.07. The fourth-order valence-corrected chi connectivity index (χ4v) is 1.55. The molecule has 0 saturated heterocycles. The van der Waals surface area contributed by atoms with Gasteiger partial charge in [0, 0.05) is 24.0 Å². The largest absolute Gasteiger partial charge is 0.396 e. The summed E-state index contributed by atoms with van der Waals surface area (Å²) >= 11 is 0. The number of hydrogen-bond donors (Lipinski definition) is 3. The van der Waals surface area contributed by atoms with Crippen molar-refractivity contribution in [2.24, 2.45) is 0 Å². The highest BCUT2D eigenvalue weighted by Gasteiger charge is 2.17. The lowest BCUT2D eigenvalue weighted by Gasteiger charge is -2.01. The van der Waals surface area contributed by atoms with Crippen LogP contribution >= 0.6 is 0 Å². The summed E-state index contributed by atoms with van der Waals surface area (Å²) in [5.41, 5.74) is 8.14. The number of carbonyl (C=O) groups excluding carboxylic acids is 1. The summed E-state index contributed by atoms with van der Waals surface area (Å²) in [6.07, 6.45) is 1.64. The molecule has 2 rings (SSSR count). The molecule has 2 aromatic heterocycles. The predicted octanol–water partition coefficient (Wildman–Crippen LogP) is 1.08. The Balaban J connectivity index is 2.21. The number of carbonyl (C=O) groups is 1. The zero-order valence-corrected chi connectivity index (χ0v) is 10.6. The van der Waals surface area contributed by atoms with Gasteiger partial charge in [0.2, 0.25) is 0 Å². The molecule has 0 aromatic carbocycles. The van der Waals surface area contributed by atoms with Gasteiger partial charge in [0.25, 0.3) is 5.91 Å². The summed E-state index contributed by atoms with van der Waals surface area (Å²) in [6.45, 7) is 6.36. The average molecular weight is 248 g/mol. The van der Waals surface area contributed by atoms with Gasteiger partial charge in [-0.15, -0.1) is 0 Å². The van der Waals surface area contributed by atoms with Crippen LogP contribution < -0.4 is 11.1 Å². The maximum Gasteiger partial charge on any atom is 0.279 e. The molecule has 7 nitrogen and oxygen atoms in total. The third kappa shape index (κ3) is 2.06. The molecule has 0 aliphatic heterocycles. The molecule has 0 radical (unpaired) electrons. The highest BCUT2D eigenvalue weighted by Crippen LogP contribution is 2.16. The van der Waals surface area contributed by atoms with E-state index in [4.69, 9.17) is 5.73 Å². The minimum atomic E-state index is -0.352. The maximum absolute atomic E-state index is 12.0. The van der Waals surface area contributed by atoms with Crippen molar-refractivity contribution < 1.29 is 4.79 Å². The lowest BCUT2D eigenvalue weighted by atomic mass is 10.2. The number of aromatic amines is 1. The number of hydrogen-bond acceptors (Lipinski definition) is 4. The molecule has 2 heterocycles. The van der Waals surface area contributed by atoms with Crippen LogP contribution in [-0.2, 0) is 6.54 Å². The molecule has 0 fully saturated rings. The van der Waals surface area contributed by atoms with E-state index in [0.29, 0.717) is 18.1 Å². The van der Waals surface area contributed by atoms with Crippen LogP contribution in [0.2, 0.25) is 0 Å². The predicted molar refractivity (Wildman–Crippen MR) is 68.3 cm³/mol. The maximum atomic E-state index is 12.0. The molecule has 0 aliphatic carbocycles. The number of amides is 1. The zero-order chi connectivity index (χ0) is 13.3. The number of nitrogens with one attached hydrogen (secondary N) is 2. The molecule has 96 valence electrons. The number of rotatable bonds is 3. The number of aromatic nitrogens is 4. The average Bonchev–Trinajstić information content (AvgIpc) is 2.86. The van der Waals surface area contributed by atoms with Crippen molar-refractivity contribution >= 4 is 17.4 Å². The van der Waals surface area contributed by atoms with Crippen molar-refractivity contribution in [1.29, 1.82) is 0 Å². The molecule has 2 aromatic rings. The number of anilines is 2. The summed E-state index contributed by atoms with van der Waals surface area (Å²) < 4.78 is 1.62. The normalized spacial score (nSPS) is 10.6. The van der Waals surface area contributed by atoms with Gasteiger partial charge in [-0.2, -0.15) is 10.2 Å². The van der Waals surface area contributed by atoms with Gasteiger partial charge in [0.05, 0.1) is 5.69 Å². The van der Waals surface area contributed by atoms with Gasteiger partial charge in [-0.3, -0.25) is 14.6 Å². The van der Waals surface area contributed by atoms with Gasteiger partial charge in [-0.05, 0) is 20.8 Å². The molecule has 1 amide bonds. The fraction of sp³-hybridized carbons (Fsp3) is 0.364. The van der Waals surface area contributed by atoms with E-state index in [1.54, 1.807) is 10.9 Å². The minimum absolute atomic E-state index is 0.219.